The van der Waals surface area contributed by atoms with Crippen LogP contribution in [0.25, 0.3) is 0 Å². The highest BCUT2D eigenvalue weighted by Crippen LogP contribution is 2.15. The summed E-state index contributed by atoms with van der Waals surface area (Å²) in [4.78, 5) is 15.7. The smallest absolute Gasteiger partial charge is 0.315 e. The second-order valence-electron chi connectivity index (χ2n) is 4.78. The van der Waals surface area contributed by atoms with Gasteiger partial charge < -0.3 is 15.2 Å². The number of carbonyl (C=O) groups excluding carboxylic acids is 1. The van der Waals surface area contributed by atoms with Crippen molar-refractivity contribution in [2.75, 3.05) is 6.54 Å². The maximum absolute atomic E-state index is 13.1. The van der Waals surface area contributed by atoms with Gasteiger partial charge in [0, 0.05) is 13.0 Å². The van der Waals surface area contributed by atoms with Gasteiger partial charge in [0.1, 0.15) is 0 Å². The van der Waals surface area contributed by atoms with E-state index in [4.69, 9.17) is 4.52 Å². The standard InChI is InChI=1S/C14H16F2N4O2/c1-8(10-3-4-11(15)12(16)7-10)18-14(21)17-6-5-13-19-9(2)20-22-13/h3-4,7-8H,5-6H2,1-2H3,(H2,17,18,21)/t8-/m0/s1. The fraction of sp³-hybridized carbons (Fsp3) is 0.357. The first kappa shape index (κ1) is 15.9. The van der Waals surface area contributed by atoms with Crippen molar-refractivity contribution in [2.24, 2.45) is 0 Å². The Balaban J connectivity index is 1.79. The first-order chi connectivity index (χ1) is 10.5. The summed E-state index contributed by atoms with van der Waals surface area (Å²) < 4.78 is 30.9. The summed E-state index contributed by atoms with van der Waals surface area (Å²) >= 11 is 0. The topological polar surface area (TPSA) is 80.0 Å². The lowest BCUT2D eigenvalue weighted by atomic mass is 10.1. The van der Waals surface area contributed by atoms with Crippen LogP contribution in [0.1, 0.15) is 30.2 Å². The maximum Gasteiger partial charge on any atom is 0.315 e. The summed E-state index contributed by atoms with van der Waals surface area (Å²) in [5, 5.41) is 8.89. The second-order valence-corrected chi connectivity index (χ2v) is 4.78. The van der Waals surface area contributed by atoms with Gasteiger partial charge in [0.15, 0.2) is 17.5 Å². The number of nitrogens with one attached hydrogen (secondary N) is 2. The molecule has 0 aliphatic heterocycles. The van der Waals surface area contributed by atoms with Gasteiger partial charge in [-0.3, -0.25) is 0 Å². The number of benzene rings is 1. The molecule has 0 spiro atoms. The van der Waals surface area contributed by atoms with Crippen LogP contribution in [0.4, 0.5) is 13.6 Å². The van der Waals surface area contributed by atoms with Crippen molar-refractivity contribution in [2.45, 2.75) is 26.3 Å². The number of aryl methyl sites for hydroxylation is 1. The Hall–Kier alpha value is -2.51. The third kappa shape index (κ3) is 4.24. The van der Waals surface area contributed by atoms with Crippen LogP contribution in [0, 0.1) is 18.6 Å². The zero-order valence-corrected chi connectivity index (χ0v) is 12.2. The van der Waals surface area contributed by atoms with E-state index in [2.05, 4.69) is 20.8 Å². The zero-order chi connectivity index (χ0) is 16.1. The quantitative estimate of drug-likeness (QED) is 0.887. The average Bonchev–Trinajstić information content (AvgIpc) is 2.87. The van der Waals surface area contributed by atoms with Crippen molar-refractivity contribution in [3.8, 4) is 0 Å². The number of nitrogens with zero attached hydrogens (tertiary/aromatic N) is 2. The van der Waals surface area contributed by atoms with Gasteiger partial charge in [-0.25, -0.2) is 13.6 Å². The van der Waals surface area contributed by atoms with E-state index in [0.29, 0.717) is 30.2 Å². The molecule has 1 atom stereocenters. The molecule has 1 heterocycles. The van der Waals surface area contributed by atoms with Crippen LogP contribution >= 0.6 is 0 Å². The summed E-state index contributed by atoms with van der Waals surface area (Å²) in [5.41, 5.74) is 0.474. The molecule has 0 unspecified atom stereocenters. The highest BCUT2D eigenvalue weighted by molar-refractivity contribution is 5.74. The lowest BCUT2D eigenvalue weighted by Gasteiger charge is -2.15. The minimum atomic E-state index is -0.946. The summed E-state index contributed by atoms with van der Waals surface area (Å²) in [6, 6.07) is 2.62. The maximum atomic E-state index is 13.1. The number of hydrogen-bond acceptors (Lipinski definition) is 4. The van der Waals surface area contributed by atoms with Gasteiger partial charge in [-0.1, -0.05) is 11.2 Å². The van der Waals surface area contributed by atoms with Crippen molar-refractivity contribution in [1.29, 1.82) is 0 Å². The van der Waals surface area contributed by atoms with Gasteiger partial charge in [-0.2, -0.15) is 4.98 Å². The van der Waals surface area contributed by atoms with E-state index in [0.717, 1.165) is 12.1 Å². The highest BCUT2D eigenvalue weighted by Gasteiger charge is 2.12. The lowest BCUT2D eigenvalue weighted by molar-refractivity contribution is 0.237. The predicted molar refractivity (Wildman–Crippen MR) is 74.0 cm³/mol. The van der Waals surface area contributed by atoms with E-state index in [1.54, 1.807) is 13.8 Å². The molecule has 0 aliphatic rings. The molecule has 2 amide bonds. The molecule has 0 radical (unpaired) electrons. The Morgan fingerprint density at radius 3 is 2.77 bits per heavy atom. The molecule has 2 aromatic rings. The van der Waals surface area contributed by atoms with Crippen LogP contribution < -0.4 is 10.6 Å². The summed E-state index contributed by atoms with van der Waals surface area (Å²) in [7, 11) is 0. The van der Waals surface area contributed by atoms with Crippen molar-refractivity contribution in [3.63, 3.8) is 0 Å². The van der Waals surface area contributed by atoms with Gasteiger partial charge in [0.25, 0.3) is 0 Å². The highest BCUT2D eigenvalue weighted by atomic mass is 19.2. The van der Waals surface area contributed by atoms with Gasteiger partial charge >= 0.3 is 6.03 Å². The van der Waals surface area contributed by atoms with Crippen molar-refractivity contribution < 1.29 is 18.1 Å². The summed E-state index contributed by atoms with van der Waals surface area (Å²) in [6.45, 7) is 3.70. The molecule has 0 fully saturated rings. The summed E-state index contributed by atoms with van der Waals surface area (Å²) in [5.74, 6) is -0.897. The Labute approximate surface area is 125 Å². The van der Waals surface area contributed by atoms with Crippen LogP contribution in [0.3, 0.4) is 0 Å². The molecule has 8 heteroatoms. The SMILES string of the molecule is Cc1noc(CCNC(=O)N[C@@H](C)c2ccc(F)c(F)c2)n1. The molecule has 0 saturated heterocycles. The Morgan fingerprint density at radius 1 is 1.36 bits per heavy atom. The normalized spacial score (nSPS) is 12.0. The van der Waals surface area contributed by atoms with Crippen molar-refractivity contribution in [1.82, 2.24) is 20.8 Å². The Kier molecular flexibility index (Phi) is 5.03. The van der Waals surface area contributed by atoms with E-state index in [1.165, 1.54) is 6.07 Å². The zero-order valence-electron chi connectivity index (χ0n) is 12.2. The van der Waals surface area contributed by atoms with Gasteiger partial charge in [-0.05, 0) is 31.5 Å². The number of rotatable bonds is 5. The molecule has 0 saturated carbocycles. The second kappa shape index (κ2) is 6.97. The van der Waals surface area contributed by atoms with Crippen molar-refractivity contribution in [3.05, 3.63) is 47.1 Å². The molecular weight excluding hydrogens is 294 g/mol. The Morgan fingerprint density at radius 2 is 2.14 bits per heavy atom. The van der Waals surface area contributed by atoms with E-state index in [1.807, 2.05) is 0 Å². The molecule has 0 aliphatic carbocycles. The van der Waals surface area contributed by atoms with Crippen molar-refractivity contribution >= 4 is 6.03 Å². The van der Waals surface area contributed by atoms with Crippen LogP contribution in [-0.2, 0) is 6.42 Å². The Bertz CT molecular complexity index is 660. The monoisotopic (exact) mass is 310 g/mol. The minimum Gasteiger partial charge on any atom is -0.339 e. The number of carbonyl (C=O) groups is 1. The van der Waals surface area contributed by atoms with Crippen LogP contribution in [0.15, 0.2) is 22.7 Å². The van der Waals surface area contributed by atoms with E-state index in [9.17, 15) is 13.6 Å². The molecule has 118 valence electrons. The molecule has 0 bridgehead atoms. The molecule has 1 aromatic carbocycles. The van der Waals surface area contributed by atoms with E-state index in [-0.39, 0.29) is 0 Å². The van der Waals surface area contributed by atoms with Crippen LogP contribution in [0.2, 0.25) is 0 Å². The molecular formula is C14H16F2N4O2. The van der Waals surface area contributed by atoms with Gasteiger partial charge in [0.2, 0.25) is 5.89 Å². The van der Waals surface area contributed by atoms with E-state index < -0.39 is 23.7 Å². The molecule has 2 N–H and O–H groups in total. The predicted octanol–water partition coefficient (Wildman–Crippen LogP) is 2.26. The molecule has 22 heavy (non-hydrogen) atoms. The lowest BCUT2D eigenvalue weighted by Crippen LogP contribution is -2.38. The summed E-state index contributed by atoms with van der Waals surface area (Å²) in [6.07, 6.45) is 0.411. The van der Waals surface area contributed by atoms with Gasteiger partial charge in [0.05, 0.1) is 6.04 Å². The molecule has 6 nitrogen and oxygen atoms in total. The first-order valence-corrected chi connectivity index (χ1v) is 6.74. The number of hydrogen-bond donors (Lipinski definition) is 2. The number of aromatic nitrogens is 2. The minimum absolute atomic E-state index is 0.317. The van der Waals surface area contributed by atoms with Crippen LogP contribution in [-0.4, -0.2) is 22.7 Å². The fourth-order valence-electron chi connectivity index (χ4n) is 1.84. The average molecular weight is 310 g/mol. The largest absolute Gasteiger partial charge is 0.339 e. The first-order valence-electron chi connectivity index (χ1n) is 6.74. The molecule has 1 aromatic heterocycles. The van der Waals surface area contributed by atoms with Crippen LogP contribution in [0.5, 0.6) is 0 Å². The third-order valence-corrected chi connectivity index (χ3v) is 2.99. The fourth-order valence-corrected chi connectivity index (χ4v) is 1.84. The van der Waals surface area contributed by atoms with E-state index >= 15 is 0 Å². The number of amides is 2. The number of urea groups is 1. The molecule has 2 rings (SSSR count). The number of halogens is 2. The third-order valence-electron chi connectivity index (χ3n) is 2.99. The van der Waals surface area contributed by atoms with Gasteiger partial charge in [-0.15, -0.1) is 0 Å².